The van der Waals surface area contributed by atoms with Gasteiger partial charge in [0.15, 0.2) is 5.96 Å². The number of amides is 1. The number of benzene rings is 1. The summed E-state index contributed by atoms with van der Waals surface area (Å²) in [4.78, 5) is 18.5. The third-order valence-electron chi connectivity index (χ3n) is 5.07. The van der Waals surface area contributed by atoms with Crippen molar-refractivity contribution in [2.75, 3.05) is 26.2 Å². The molecule has 0 spiro atoms. The number of guanidine groups is 1. The summed E-state index contributed by atoms with van der Waals surface area (Å²) in [7, 11) is 0. The van der Waals surface area contributed by atoms with Crippen LogP contribution < -0.4 is 10.6 Å². The third kappa shape index (κ3) is 7.97. The summed E-state index contributed by atoms with van der Waals surface area (Å²) < 4.78 is 0. The van der Waals surface area contributed by atoms with Crippen LogP contribution in [-0.2, 0) is 11.2 Å². The Labute approximate surface area is 187 Å². The van der Waals surface area contributed by atoms with E-state index in [0.717, 1.165) is 51.4 Å². The highest BCUT2D eigenvalue weighted by atomic mass is 127. The molecule has 5 nitrogen and oxygen atoms in total. The molecule has 1 unspecified atom stereocenters. The lowest BCUT2D eigenvalue weighted by molar-refractivity contribution is -0.129. The van der Waals surface area contributed by atoms with Crippen LogP contribution in [0.1, 0.15) is 64.0 Å². The van der Waals surface area contributed by atoms with Gasteiger partial charge < -0.3 is 15.5 Å². The van der Waals surface area contributed by atoms with Gasteiger partial charge in [-0.1, -0.05) is 45.0 Å². The molecule has 0 radical (unpaired) electrons. The van der Waals surface area contributed by atoms with Gasteiger partial charge in [-0.2, -0.15) is 0 Å². The van der Waals surface area contributed by atoms with E-state index < -0.39 is 0 Å². The summed E-state index contributed by atoms with van der Waals surface area (Å²) in [6.07, 6.45) is 3.64. The van der Waals surface area contributed by atoms with Gasteiger partial charge >= 0.3 is 0 Å². The predicted octanol–water partition coefficient (Wildman–Crippen LogP) is 3.93. The van der Waals surface area contributed by atoms with E-state index in [-0.39, 0.29) is 29.9 Å². The van der Waals surface area contributed by atoms with E-state index >= 15 is 0 Å². The van der Waals surface area contributed by atoms with Gasteiger partial charge in [-0.15, -0.1) is 24.0 Å². The third-order valence-corrected chi connectivity index (χ3v) is 5.07. The Bertz CT molecular complexity index is 615. The minimum Gasteiger partial charge on any atom is -0.357 e. The van der Waals surface area contributed by atoms with Crippen molar-refractivity contribution in [3.05, 3.63) is 35.4 Å². The molecule has 0 bridgehead atoms. The maximum atomic E-state index is 11.8. The number of hydrogen-bond acceptors (Lipinski definition) is 2. The average molecular weight is 500 g/mol. The molecule has 28 heavy (non-hydrogen) atoms. The van der Waals surface area contributed by atoms with Crippen LogP contribution in [0.5, 0.6) is 0 Å². The van der Waals surface area contributed by atoms with Crippen molar-refractivity contribution < 1.29 is 4.79 Å². The fourth-order valence-electron chi connectivity index (χ4n) is 3.38. The number of nitrogens with one attached hydrogen (secondary N) is 2. The second-order valence-corrected chi connectivity index (χ2v) is 7.58. The first-order chi connectivity index (χ1) is 13.0. The van der Waals surface area contributed by atoms with Gasteiger partial charge in [-0.3, -0.25) is 9.79 Å². The molecule has 158 valence electrons. The highest BCUT2D eigenvalue weighted by Crippen LogP contribution is 2.15. The van der Waals surface area contributed by atoms with Crippen LogP contribution in [0.2, 0.25) is 0 Å². The quantitative estimate of drug-likeness (QED) is 0.246. The standard InChI is InChI=1S/C22H36N4O.HI/c1-5-21(27)26-15-13-20(16-26)25-22(23-6-2)24-14-7-8-18-9-11-19(12-10-18)17(3)4;/h9-12,17,20H,5-8,13-16H2,1-4H3,(H2,23,24,25);1H. The van der Waals surface area contributed by atoms with Gasteiger partial charge in [0, 0.05) is 38.6 Å². The van der Waals surface area contributed by atoms with Crippen molar-refractivity contribution in [1.82, 2.24) is 15.5 Å². The molecule has 1 fully saturated rings. The number of hydrogen-bond donors (Lipinski definition) is 2. The first-order valence-electron chi connectivity index (χ1n) is 10.4. The number of aliphatic imine (C=N–C) groups is 1. The molecule has 1 amide bonds. The molecular formula is C22H37IN4O. The Kier molecular flexibility index (Phi) is 11.5. The molecule has 1 aliphatic rings. The summed E-state index contributed by atoms with van der Waals surface area (Å²) in [5.41, 5.74) is 2.76. The molecule has 1 atom stereocenters. The zero-order valence-corrected chi connectivity index (χ0v) is 20.2. The lowest BCUT2D eigenvalue weighted by Gasteiger charge is -2.18. The van der Waals surface area contributed by atoms with Gasteiger partial charge in [0.05, 0.1) is 0 Å². The first-order valence-corrected chi connectivity index (χ1v) is 10.4. The van der Waals surface area contributed by atoms with E-state index in [1.807, 2.05) is 11.8 Å². The number of aryl methyl sites for hydroxylation is 1. The molecule has 1 aromatic rings. The second-order valence-electron chi connectivity index (χ2n) is 7.58. The van der Waals surface area contributed by atoms with Crippen LogP contribution in [0.3, 0.4) is 0 Å². The SMILES string of the molecule is CCNC(=NCCCc1ccc(C(C)C)cc1)NC1CCN(C(=O)CC)C1.I. The molecule has 2 rings (SSSR count). The fraction of sp³-hybridized carbons (Fsp3) is 0.636. The molecule has 2 N–H and O–H groups in total. The minimum atomic E-state index is 0. The number of nitrogens with zero attached hydrogens (tertiary/aromatic N) is 2. The summed E-state index contributed by atoms with van der Waals surface area (Å²) in [5.74, 6) is 1.68. The normalized spacial score (nSPS) is 16.8. The topological polar surface area (TPSA) is 56.7 Å². The Morgan fingerprint density at radius 2 is 1.96 bits per heavy atom. The largest absolute Gasteiger partial charge is 0.357 e. The molecule has 1 heterocycles. The van der Waals surface area contributed by atoms with Gasteiger partial charge in [0.1, 0.15) is 0 Å². The Morgan fingerprint density at radius 3 is 2.57 bits per heavy atom. The Hall–Kier alpha value is -1.31. The zero-order chi connectivity index (χ0) is 19.6. The van der Waals surface area contributed by atoms with Crippen LogP contribution in [0.15, 0.2) is 29.3 Å². The molecule has 1 saturated heterocycles. The summed E-state index contributed by atoms with van der Waals surface area (Å²) in [6, 6.07) is 9.24. The first kappa shape index (κ1) is 24.7. The molecule has 0 saturated carbocycles. The number of likely N-dealkylation sites (tertiary alicyclic amines) is 1. The van der Waals surface area contributed by atoms with Crippen molar-refractivity contribution >= 4 is 35.8 Å². The smallest absolute Gasteiger partial charge is 0.222 e. The number of carbonyl (C=O) groups is 1. The number of rotatable bonds is 8. The highest BCUT2D eigenvalue weighted by Gasteiger charge is 2.25. The Balaban J connectivity index is 0.00000392. The van der Waals surface area contributed by atoms with Crippen molar-refractivity contribution in [1.29, 1.82) is 0 Å². The fourth-order valence-corrected chi connectivity index (χ4v) is 3.38. The molecule has 1 aliphatic heterocycles. The van der Waals surface area contributed by atoms with Crippen LogP contribution in [-0.4, -0.2) is 49.0 Å². The van der Waals surface area contributed by atoms with Crippen molar-refractivity contribution in [2.24, 2.45) is 4.99 Å². The van der Waals surface area contributed by atoms with E-state index in [2.05, 4.69) is 55.7 Å². The lowest BCUT2D eigenvalue weighted by atomic mass is 10.0. The zero-order valence-electron chi connectivity index (χ0n) is 17.8. The maximum Gasteiger partial charge on any atom is 0.222 e. The van der Waals surface area contributed by atoms with Crippen molar-refractivity contribution in [3.63, 3.8) is 0 Å². The minimum absolute atomic E-state index is 0. The van der Waals surface area contributed by atoms with Gasteiger partial charge in [-0.05, 0) is 43.2 Å². The van der Waals surface area contributed by atoms with Gasteiger partial charge in [0.2, 0.25) is 5.91 Å². The molecule has 1 aromatic carbocycles. The number of carbonyl (C=O) groups excluding carboxylic acids is 1. The number of halogens is 1. The van der Waals surface area contributed by atoms with Crippen molar-refractivity contribution in [3.8, 4) is 0 Å². The van der Waals surface area contributed by atoms with E-state index in [1.54, 1.807) is 0 Å². The van der Waals surface area contributed by atoms with Crippen molar-refractivity contribution in [2.45, 2.75) is 65.3 Å². The van der Waals surface area contributed by atoms with Gasteiger partial charge in [-0.25, -0.2) is 0 Å². The maximum absolute atomic E-state index is 11.8. The molecule has 6 heteroatoms. The van der Waals surface area contributed by atoms with Gasteiger partial charge in [0.25, 0.3) is 0 Å². The van der Waals surface area contributed by atoms with Crippen LogP contribution in [0.25, 0.3) is 0 Å². The predicted molar refractivity (Wildman–Crippen MR) is 129 cm³/mol. The summed E-state index contributed by atoms with van der Waals surface area (Å²) >= 11 is 0. The van der Waals surface area contributed by atoms with Crippen LogP contribution >= 0.6 is 24.0 Å². The van der Waals surface area contributed by atoms with E-state index in [1.165, 1.54) is 11.1 Å². The summed E-state index contributed by atoms with van der Waals surface area (Å²) in [6.45, 7) is 11.7. The van der Waals surface area contributed by atoms with Crippen LogP contribution in [0.4, 0.5) is 0 Å². The van der Waals surface area contributed by atoms with E-state index in [4.69, 9.17) is 4.99 Å². The lowest BCUT2D eigenvalue weighted by Crippen LogP contribution is -2.45. The second kappa shape index (κ2) is 13.0. The van der Waals surface area contributed by atoms with E-state index in [9.17, 15) is 4.79 Å². The molecule has 0 aromatic heterocycles. The van der Waals surface area contributed by atoms with E-state index in [0.29, 0.717) is 18.4 Å². The molecule has 0 aliphatic carbocycles. The highest BCUT2D eigenvalue weighted by molar-refractivity contribution is 14.0. The average Bonchev–Trinajstić information content (AvgIpc) is 3.13. The monoisotopic (exact) mass is 500 g/mol. The van der Waals surface area contributed by atoms with Crippen LogP contribution in [0, 0.1) is 0 Å². The summed E-state index contributed by atoms with van der Waals surface area (Å²) in [5, 5.41) is 6.81. The molecular weight excluding hydrogens is 463 g/mol. The Morgan fingerprint density at radius 1 is 1.25 bits per heavy atom.